The lowest BCUT2D eigenvalue weighted by atomic mass is 10.0. The maximum atomic E-state index is 11.3. The van der Waals surface area contributed by atoms with Crippen molar-refractivity contribution in [2.24, 2.45) is 4.99 Å². The first kappa shape index (κ1) is 8.44. The first-order valence-electron chi connectivity index (χ1n) is 4.41. The zero-order valence-corrected chi connectivity index (χ0v) is 7.10. The van der Waals surface area contributed by atoms with Crippen LogP contribution in [0.5, 0.6) is 0 Å². The zero-order chi connectivity index (χ0) is 8.10. The fourth-order valence-corrected chi connectivity index (χ4v) is 1.30. The van der Waals surface area contributed by atoms with E-state index in [2.05, 4.69) is 4.99 Å². The predicted molar refractivity (Wildman–Crippen MR) is 46.1 cm³/mol. The van der Waals surface area contributed by atoms with E-state index in [0.29, 0.717) is 6.42 Å². The number of Topliss-reactive ketones (excluding diaryl/α,β-unsaturated/α-hetero) is 1. The van der Waals surface area contributed by atoms with E-state index < -0.39 is 0 Å². The van der Waals surface area contributed by atoms with Crippen molar-refractivity contribution in [1.29, 1.82) is 0 Å². The van der Waals surface area contributed by atoms with Gasteiger partial charge in [0.1, 0.15) is 0 Å². The molecule has 0 aliphatic carbocycles. The van der Waals surface area contributed by atoms with Crippen molar-refractivity contribution < 1.29 is 4.79 Å². The van der Waals surface area contributed by atoms with Gasteiger partial charge >= 0.3 is 0 Å². The molecule has 0 saturated heterocycles. The van der Waals surface area contributed by atoms with Crippen LogP contribution in [-0.2, 0) is 4.79 Å². The summed E-state index contributed by atoms with van der Waals surface area (Å²) in [7, 11) is 0. The van der Waals surface area contributed by atoms with Crippen LogP contribution in [0.25, 0.3) is 0 Å². The Balaban J connectivity index is 2.44. The van der Waals surface area contributed by atoms with Gasteiger partial charge in [-0.1, -0.05) is 6.92 Å². The minimum absolute atomic E-state index is 0.271. The minimum atomic E-state index is 0.271. The standard InChI is InChI=1S/C9H15NO/c1-2-5-9(11)8-6-3-4-7-10-8/h2-7H2,1H3. The molecule has 0 N–H and O–H groups in total. The molecule has 0 aromatic rings. The smallest absolute Gasteiger partial charge is 0.176 e. The maximum absolute atomic E-state index is 11.3. The third-order valence-electron chi connectivity index (χ3n) is 1.92. The van der Waals surface area contributed by atoms with Gasteiger partial charge in [-0.3, -0.25) is 9.79 Å². The van der Waals surface area contributed by atoms with E-state index in [1.165, 1.54) is 0 Å². The van der Waals surface area contributed by atoms with Gasteiger partial charge in [0, 0.05) is 13.0 Å². The summed E-state index contributed by atoms with van der Waals surface area (Å²) >= 11 is 0. The van der Waals surface area contributed by atoms with Gasteiger partial charge in [0.15, 0.2) is 5.78 Å². The molecule has 2 nitrogen and oxygen atoms in total. The average Bonchev–Trinajstić information content (AvgIpc) is 2.07. The highest BCUT2D eigenvalue weighted by Crippen LogP contribution is 2.08. The highest BCUT2D eigenvalue weighted by atomic mass is 16.1. The Kier molecular flexibility index (Phi) is 3.27. The van der Waals surface area contributed by atoms with Crippen LogP contribution in [0.15, 0.2) is 4.99 Å². The van der Waals surface area contributed by atoms with Crippen molar-refractivity contribution in [1.82, 2.24) is 0 Å². The van der Waals surface area contributed by atoms with Crippen LogP contribution < -0.4 is 0 Å². The van der Waals surface area contributed by atoms with Crippen LogP contribution in [0.2, 0.25) is 0 Å². The number of hydrogen-bond acceptors (Lipinski definition) is 2. The molecule has 1 heterocycles. The van der Waals surface area contributed by atoms with E-state index in [0.717, 1.165) is 37.9 Å². The van der Waals surface area contributed by atoms with E-state index in [4.69, 9.17) is 0 Å². The second-order valence-electron chi connectivity index (χ2n) is 2.96. The molecule has 0 bridgehead atoms. The number of carbonyl (C=O) groups excluding carboxylic acids is 1. The molecule has 0 aromatic carbocycles. The Labute approximate surface area is 67.7 Å². The van der Waals surface area contributed by atoms with Crippen molar-refractivity contribution in [3.8, 4) is 0 Å². The largest absolute Gasteiger partial charge is 0.293 e. The van der Waals surface area contributed by atoms with Crippen molar-refractivity contribution in [3.63, 3.8) is 0 Å². The highest BCUT2D eigenvalue weighted by Gasteiger charge is 2.12. The first-order valence-corrected chi connectivity index (χ1v) is 4.41. The van der Waals surface area contributed by atoms with Gasteiger partial charge in [-0.25, -0.2) is 0 Å². The molecule has 0 amide bonds. The lowest BCUT2D eigenvalue weighted by Crippen LogP contribution is -2.17. The number of aliphatic imine (C=N–C) groups is 1. The summed E-state index contributed by atoms with van der Waals surface area (Å²) in [5.74, 6) is 0.271. The van der Waals surface area contributed by atoms with E-state index >= 15 is 0 Å². The van der Waals surface area contributed by atoms with Crippen LogP contribution in [-0.4, -0.2) is 18.0 Å². The highest BCUT2D eigenvalue weighted by molar-refractivity contribution is 6.39. The van der Waals surface area contributed by atoms with Gasteiger partial charge in [-0.2, -0.15) is 0 Å². The molecular formula is C9H15NO. The second kappa shape index (κ2) is 4.27. The summed E-state index contributed by atoms with van der Waals surface area (Å²) in [6.07, 6.45) is 4.84. The number of hydrogen-bond donors (Lipinski definition) is 0. The fourth-order valence-electron chi connectivity index (χ4n) is 1.30. The van der Waals surface area contributed by atoms with E-state index in [-0.39, 0.29) is 5.78 Å². The van der Waals surface area contributed by atoms with Gasteiger partial charge in [-0.05, 0) is 25.7 Å². The van der Waals surface area contributed by atoms with Crippen LogP contribution >= 0.6 is 0 Å². The van der Waals surface area contributed by atoms with Gasteiger partial charge in [0.05, 0.1) is 5.71 Å². The summed E-state index contributed by atoms with van der Waals surface area (Å²) in [5, 5.41) is 0. The first-order chi connectivity index (χ1) is 5.34. The summed E-state index contributed by atoms with van der Waals surface area (Å²) in [4.78, 5) is 15.5. The van der Waals surface area contributed by atoms with Gasteiger partial charge in [0.25, 0.3) is 0 Å². The molecule has 62 valence electrons. The molecule has 0 saturated carbocycles. The summed E-state index contributed by atoms with van der Waals surface area (Å²) < 4.78 is 0. The van der Waals surface area contributed by atoms with Crippen molar-refractivity contribution in [2.45, 2.75) is 39.0 Å². The third-order valence-corrected chi connectivity index (χ3v) is 1.92. The molecule has 0 aromatic heterocycles. The average molecular weight is 153 g/mol. The fraction of sp³-hybridized carbons (Fsp3) is 0.778. The monoisotopic (exact) mass is 153 g/mol. The Bertz CT molecular complexity index is 172. The maximum Gasteiger partial charge on any atom is 0.176 e. The molecule has 1 aliphatic heterocycles. The van der Waals surface area contributed by atoms with Crippen LogP contribution in [0.4, 0.5) is 0 Å². The number of rotatable bonds is 3. The number of nitrogens with zero attached hydrogens (tertiary/aromatic N) is 1. The molecule has 1 rings (SSSR count). The van der Waals surface area contributed by atoms with Crippen LogP contribution in [0.3, 0.4) is 0 Å². The second-order valence-corrected chi connectivity index (χ2v) is 2.96. The number of ketones is 1. The van der Waals surface area contributed by atoms with Gasteiger partial charge < -0.3 is 0 Å². The Hall–Kier alpha value is -0.660. The molecular weight excluding hydrogens is 138 g/mol. The summed E-state index contributed by atoms with van der Waals surface area (Å²) in [6, 6.07) is 0. The lowest BCUT2D eigenvalue weighted by Gasteiger charge is -2.09. The SMILES string of the molecule is CCCC(=O)C1=NCCCC1. The third kappa shape index (κ3) is 2.45. The summed E-state index contributed by atoms with van der Waals surface area (Å²) in [6.45, 7) is 2.89. The quantitative estimate of drug-likeness (QED) is 0.609. The minimum Gasteiger partial charge on any atom is -0.293 e. The normalized spacial score (nSPS) is 17.7. The molecule has 0 atom stereocenters. The summed E-state index contributed by atoms with van der Waals surface area (Å²) in [5.41, 5.74) is 0.845. The molecule has 0 radical (unpaired) electrons. The van der Waals surface area contributed by atoms with Gasteiger partial charge in [-0.15, -0.1) is 0 Å². The van der Waals surface area contributed by atoms with Crippen molar-refractivity contribution in [2.75, 3.05) is 6.54 Å². The van der Waals surface area contributed by atoms with Crippen molar-refractivity contribution in [3.05, 3.63) is 0 Å². The molecule has 2 heteroatoms. The van der Waals surface area contributed by atoms with Gasteiger partial charge in [0.2, 0.25) is 0 Å². The predicted octanol–water partition coefficient (Wildman–Crippen LogP) is 1.98. The molecule has 11 heavy (non-hydrogen) atoms. The molecule has 1 aliphatic rings. The van der Waals surface area contributed by atoms with Crippen LogP contribution in [0.1, 0.15) is 39.0 Å². The number of carbonyl (C=O) groups is 1. The van der Waals surface area contributed by atoms with Crippen molar-refractivity contribution >= 4 is 11.5 Å². The topological polar surface area (TPSA) is 29.4 Å². The van der Waals surface area contributed by atoms with E-state index in [1.54, 1.807) is 0 Å². The Morgan fingerprint density at radius 2 is 2.36 bits per heavy atom. The zero-order valence-electron chi connectivity index (χ0n) is 7.10. The lowest BCUT2D eigenvalue weighted by molar-refractivity contribution is -0.113. The van der Waals surface area contributed by atoms with Crippen LogP contribution in [0, 0.1) is 0 Å². The molecule has 0 fully saturated rings. The molecule has 0 unspecified atom stereocenters. The van der Waals surface area contributed by atoms with E-state index in [1.807, 2.05) is 6.92 Å². The van der Waals surface area contributed by atoms with E-state index in [9.17, 15) is 4.79 Å². The Morgan fingerprint density at radius 1 is 1.55 bits per heavy atom. The molecule has 0 spiro atoms. The Morgan fingerprint density at radius 3 is 2.91 bits per heavy atom.